The number of halogens is 1. The minimum atomic E-state index is -0.684. The first kappa shape index (κ1) is 19.7. The molecule has 1 heterocycles. The Kier molecular flexibility index (Phi) is 5.85. The van der Waals surface area contributed by atoms with Crippen molar-refractivity contribution >= 4 is 35.4 Å². The van der Waals surface area contributed by atoms with Crippen LogP contribution in [0.25, 0.3) is 0 Å². The number of para-hydroxylation sites is 1. The molecule has 2 aromatic rings. The van der Waals surface area contributed by atoms with Crippen LogP contribution in [0, 0.1) is 11.3 Å². The van der Waals surface area contributed by atoms with Gasteiger partial charge in [-0.15, -0.1) is 0 Å². The summed E-state index contributed by atoms with van der Waals surface area (Å²) in [5, 5.41) is 20.2. The highest BCUT2D eigenvalue weighted by Crippen LogP contribution is 2.39. The summed E-state index contributed by atoms with van der Waals surface area (Å²) in [5.41, 5.74) is 5.85. The maximum absolute atomic E-state index is 11.7. The highest BCUT2D eigenvalue weighted by Gasteiger charge is 2.38. The summed E-state index contributed by atoms with van der Waals surface area (Å²) in [6, 6.07) is 10.0. The van der Waals surface area contributed by atoms with E-state index in [1.54, 1.807) is 4.68 Å². The lowest BCUT2D eigenvalue weighted by molar-refractivity contribution is -0.105. The molecule has 1 saturated carbocycles. The van der Waals surface area contributed by atoms with Crippen LogP contribution in [0.1, 0.15) is 42.5 Å². The van der Waals surface area contributed by atoms with Crippen LogP contribution in [0.2, 0.25) is 5.02 Å². The Labute approximate surface area is 167 Å². The van der Waals surface area contributed by atoms with E-state index >= 15 is 0 Å². The van der Waals surface area contributed by atoms with Crippen LogP contribution in [0.15, 0.2) is 30.5 Å². The van der Waals surface area contributed by atoms with Crippen LogP contribution in [-0.4, -0.2) is 28.1 Å². The molecule has 9 heteroatoms. The fourth-order valence-corrected chi connectivity index (χ4v) is 3.88. The Morgan fingerprint density at radius 2 is 2.14 bits per heavy atom. The zero-order valence-electron chi connectivity index (χ0n) is 15.2. The van der Waals surface area contributed by atoms with Crippen LogP contribution in [0.4, 0.5) is 11.5 Å². The number of anilines is 2. The van der Waals surface area contributed by atoms with Crippen molar-refractivity contribution in [2.75, 3.05) is 10.6 Å². The van der Waals surface area contributed by atoms with Gasteiger partial charge >= 0.3 is 0 Å². The molecule has 0 bridgehead atoms. The predicted octanol–water partition coefficient (Wildman–Crippen LogP) is 2.87. The molecule has 146 valence electrons. The smallest absolute Gasteiger partial charge is 0.254 e. The van der Waals surface area contributed by atoms with Gasteiger partial charge in [0.05, 0.1) is 28.7 Å². The molecule has 28 heavy (non-hydrogen) atoms. The Morgan fingerprint density at radius 3 is 2.75 bits per heavy atom. The van der Waals surface area contributed by atoms with Crippen molar-refractivity contribution in [2.45, 2.75) is 43.7 Å². The number of nitriles is 1. The van der Waals surface area contributed by atoms with E-state index in [0.29, 0.717) is 24.3 Å². The summed E-state index contributed by atoms with van der Waals surface area (Å²) in [6.45, 7) is 0. The van der Waals surface area contributed by atoms with E-state index in [0.717, 1.165) is 18.5 Å². The van der Waals surface area contributed by atoms with Gasteiger partial charge in [-0.05, 0) is 37.8 Å². The molecule has 0 saturated heterocycles. The SMILES string of the molecule is N#CCC1(n2cc(C(N)=O)c(NC=O)n2)CCC(Nc2ccccc2Cl)CC1. The van der Waals surface area contributed by atoms with Gasteiger partial charge in [0.25, 0.3) is 5.91 Å². The van der Waals surface area contributed by atoms with E-state index in [1.807, 2.05) is 24.3 Å². The van der Waals surface area contributed by atoms with Crippen molar-refractivity contribution in [3.63, 3.8) is 0 Å². The number of rotatable bonds is 7. The van der Waals surface area contributed by atoms with Gasteiger partial charge in [0.1, 0.15) is 5.56 Å². The molecule has 1 aromatic heterocycles. The number of amides is 2. The number of hydrogen-bond donors (Lipinski definition) is 3. The van der Waals surface area contributed by atoms with Crippen LogP contribution in [-0.2, 0) is 10.3 Å². The topological polar surface area (TPSA) is 126 Å². The van der Waals surface area contributed by atoms with Gasteiger partial charge in [0.15, 0.2) is 5.82 Å². The lowest BCUT2D eigenvalue weighted by Crippen LogP contribution is -2.41. The predicted molar refractivity (Wildman–Crippen MR) is 106 cm³/mol. The van der Waals surface area contributed by atoms with Crippen molar-refractivity contribution in [2.24, 2.45) is 5.73 Å². The van der Waals surface area contributed by atoms with Gasteiger partial charge < -0.3 is 16.4 Å². The van der Waals surface area contributed by atoms with Crippen molar-refractivity contribution in [3.05, 3.63) is 41.0 Å². The second kappa shape index (κ2) is 8.31. The zero-order chi connectivity index (χ0) is 20.1. The maximum atomic E-state index is 11.7. The van der Waals surface area contributed by atoms with Crippen molar-refractivity contribution in [3.8, 4) is 6.07 Å². The minimum absolute atomic E-state index is 0.108. The summed E-state index contributed by atoms with van der Waals surface area (Å²) in [5.74, 6) is -0.576. The summed E-state index contributed by atoms with van der Waals surface area (Å²) in [7, 11) is 0. The molecule has 0 spiro atoms. The van der Waals surface area contributed by atoms with Gasteiger partial charge in [0, 0.05) is 12.2 Å². The molecule has 1 aliphatic rings. The molecular weight excluding hydrogens is 380 g/mol. The number of primary amides is 1. The second-order valence-corrected chi connectivity index (χ2v) is 7.33. The normalized spacial score (nSPS) is 21.5. The highest BCUT2D eigenvalue weighted by atomic mass is 35.5. The van der Waals surface area contributed by atoms with Gasteiger partial charge in [-0.1, -0.05) is 23.7 Å². The fourth-order valence-electron chi connectivity index (χ4n) is 3.69. The Bertz CT molecular complexity index is 911. The third-order valence-electron chi connectivity index (χ3n) is 5.22. The molecule has 0 atom stereocenters. The van der Waals surface area contributed by atoms with Crippen LogP contribution < -0.4 is 16.4 Å². The lowest BCUT2D eigenvalue weighted by Gasteiger charge is -2.39. The number of nitrogens with one attached hydrogen (secondary N) is 2. The van der Waals surface area contributed by atoms with Gasteiger partial charge in [-0.25, -0.2) is 0 Å². The first-order valence-corrected chi connectivity index (χ1v) is 9.35. The first-order chi connectivity index (χ1) is 13.5. The maximum Gasteiger partial charge on any atom is 0.254 e. The number of nitrogens with zero attached hydrogens (tertiary/aromatic N) is 3. The summed E-state index contributed by atoms with van der Waals surface area (Å²) < 4.78 is 1.62. The Hall–Kier alpha value is -3.05. The van der Waals surface area contributed by atoms with E-state index in [9.17, 15) is 14.9 Å². The number of nitrogens with two attached hydrogens (primary N) is 1. The number of benzene rings is 1. The molecule has 0 aliphatic heterocycles. The van der Waals surface area contributed by atoms with E-state index < -0.39 is 11.4 Å². The van der Waals surface area contributed by atoms with Crippen LogP contribution >= 0.6 is 11.6 Å². The molecule has 0 unspecified atom stereocenters. The summed E-state index contributed by atoms with van der Waals surface area (Å²) in [4.78, 5) is 22.5. The van der Waals surface area contributed by atoms with Crippen molar-refractivity contribution in [1.29, 1.82) is 5.26 Å². The van der Waals surface area contributed by atoms with E-state index in [-0.39, 0.29) is 23.8 Å². The molecule has 4 N–H and O–H groups in total. The number of carbonyl (C=O) groups is 2. The monoisotopic (exact) mass is 400 g/mol. The number of carbonyl (C=O) groups excluding carboxylic acids is 2. The van der Waals surface area contributed by atoms with Gasteiger partial charge in [-0.2, -0.15) is 10.4 Å². The average Bonchev–Trinajstić information content (AvgIpc) is 3.11. The molecule has 1 aromatic carbocycles. The third-order valence-corrected chi connectivity index (χ3v) is 5.55. The minimum Gasteiger partial charge on any atom is -0.381 e. The molecule has 3 rings (SSSR count). The lowest BCUT2D eigenvalue weighted by atomic mass is 9.77. The number of aromatic nitrogens is 2. The highest BCUT2D eigenvalue weighted by molar-refractivity contribution is 6.33. The summed E-state index contributed by atoms with van der Waals surface area (Å²) in [6.07, 6.45) is 5.18. The Morgan fingerprint density at radius 1 is 1.43 bits per heavy atom. The van der Waals surface area contributed by atoms with Gasteiger partial charge in [-0.3, -0.25) is 14.3 Å². The summed E-state index contributed by atoms with van der Waals surface area (Å²) >= 11 is 6.23. The molecule has 1 fully saturated rings. The van der Waals surface area contributed by atoms with Crippen molar-refractivity contribution < 1.29 is 9.59 Å². The molecule has 8 nitrogen and oxygen atoms in total. The second-order valence-electron chi connectivity index (χ2n) is 6.92. The first-order valence-electron chi connectivity index (χ1n) is 8.97. The van der Waals surface area contributed by atoms with E-state index in [2.05, 4.69) is 21.8 Å². The van der Waals surface area contributed by atoms with Crippen LogP contribution in [0.5, 0.6) is 0 Å². The molecule has 0 radical (unpaired) electrons. The van der Waals surface area contributed by atoms with Gasteiger partial charge in [0.2, 0.25) is 6.41 Å². The number of hydrogen-bond acceptors (Lipinski definition) is 5. The van der Waals surface area contributed by atoms with E-state index in [1.165, 1.54) is 6.20 Å². The van der Waals surface area contributed by atoms with Crippen LogP contribution in [0.3, 0.4) is 0 Å². The standard InChI is InChI=1S/C19H21ClN6O2/c20-15-3-1-2-4-16(15)24-13-5-7-19(8-6-13,9-10-21)26-11-14(17(22)28)18(25-26)23-12-27/h1-4,11-13,24H,5-9H2,(H2,22,28)(H,23,25,27). The van der Waals surface area contributed by atoms with E-state index in [4.69, 9.17) is 17.3 Å². The largest absolute Gasteiger partial charge is 0.381 e. The average molecular weight is 401 g/mol. The Balaban J connectivity index is 1.80. The molecule has 2 amide bonds. The fraction of sp³-hybridized carbons (Fsp3) is 0.368. The molecular formula is C19H21ClN6O2. The quantitative estimate of drug-likeness (QED) is 0.616. The van der Waals surface area contributed by atoms with Crippen molar-refractivity contribution in [1.82, 2.24) is 9.78 Å². The zero-order valence-corrected chi connectivity index (χ0v) is 15.9. The molecule has 1 aliphatic carbocycles. The third kappa shape index (κ3) is 3.94.